The quantitative estimate of drug-likeness (QED) is 0.577. The van der Waals surface area contributed by atoms with Crippen LogP contribution in [0.4, 0.5) is 0 Å². The van der Waals surface area contributed by atoms with Gasteiger partial charge in [0.15, 0.2) is 0 Å². The maximum atomic E-state index is 11.6. The van der Waals surface area contributed by atoms with Crippen molar-refractivity contribution in [3.05, 3.63) is 28.3 Å². The molecular formula is C11H15N2O2S. The molecular weight excluding hydrogens is 224 g/mol. The van der Waals surface area contributed by atoms with Crippen molar-refractivity contribution in [2.24, 2.45) is 0 Å². The first-order valence-corrected chi connectivity index (χ1v) is 5.83. The molecule has 1 aromatic rings. The lowest BCUT2D eigenvalue weighted by atomic mass is 10.1. The van der Waals surface area contributed by atoms with E-state index in [-0.39, 0.29) is 12.1 Å². The summed E-state index contributed by atoms with van der Waals surface area (Å²) in [4.78, 5) is 23.0. The molecule has 1 unspecified atom stereocenters. The molecule has 0 aliphatic heterocycles. The molecule has 2 amide bonds. The van der Waals surface area contributed by atoms with Gasteiger partial charge >= 0.3 is 0 Å². The topological polar surface area (TPSA) is 58.2 Å². The van der Waals surface area contributed by atoms with Crippen molar-refractivity contribution >= 4 is 23.7 Å². The molecule has 16 heavy (non-hydrogen) atoms. The van der Waals surface area contributed by atoms with E-state index in [0.717, 1.165) is 10.8 Å². The molecule has 0 fully saturated rings. The van der Waals surface area contributed by atoms with Crippen LogP contribution in [0.25, 0.3) is 0 Å². The molecule has 1 aromatic heterocycles. The molecule has 0 saturated heterocycles. The molecule has 1 radical (unpaired) electrons. The van der Waals surface area contributed by atoms with Gasteiger partial charge in [-0.25, -0.2) is 0 Å². The first kappa shape index (κ1) is 12.7. The van der Waals surface area contributed by atoms with Crippen LogP contribution < -0.4 is 10.6 Å². The zero-order valence-corrected chi connectivity index (χ0v) is 10.1. The normalized spacial score (nSPS) is 12.2. The fourth-order valence-electron chi connectivity index (χ4n) is 1.20. The summed E-state index contributed by atoms with van der Waals surface area (Å²) in [6.07, 6.45) is 0.551. The van der Waals surface area contributed by atoms with Crippen LogP contribution in [0.15, 0.2) is 17.5 Å². The van der Waals surface area contributed by atoms with Gasteiger partial charge in [-0.2, -0.15) is 0 Å². The van der Waals surface area contributed by atoms with Crippen LogP contribution in [0.3, 0.4) is 0 Å². The van der Waals surface area contributed by atoms with Gasteiger partial charge in [-0.3, -0.25) is 9.59 Å². The van der Waals surface area contributed by atoms with Crippen molar-refractivity contribution in [1.29, 1.82) is 0 Å². The molecule has 4 nitrogen and oxygen atoms in total. The standard InChI is InChI=1S/C11H15N2O2S/c1-8(2)11(12-7-14)13-10(15)6-9-4-3-5-16-9/h3-5,7,11H,6H2,1-2H3,(H,12,14)(H,13,15). The fourth-order valence-corrected chi connectivity index (χ4v) is 1.91. The van der Waals surface area contributed by atoms with Crippen molar-refractivity contribution in [3.8, 4) is 0 Å². The van der Waals surface area contributed by atoms with Gasteiger partial charge in [0, 0.05) is 10.8 Å². The molecule has 0 aliphatic rings. The number of carbonyl (C=O) groups is 2. The lowest BCUT2D eigenvalue weighted by molar-refractivity contribution is -0.121. The largest absolute Gasteiger partial charge is 0.338 e. The van der Waals surface area contributed by atoms with Crippen molar-refractivity contribution < 1.29 is 9.59 Å². The third-order valence-corrected chi connectivity index (χ3v) is 2.91. The van der Waals surface area contributed by atoms with E-state index in [1.54, 1.807) is 11.3 Å². The van der Waals surface area contributed by atoms with E-state index in [9.17, 15) is 9.59 Å². The average Bonchev–Trinajstić information content (AvgIpc) is 2.69. The summed E-state index contributed by atoms with van der Waals surface area (Å²) in [6, 6.07) is 3.82. The second-order valence-electron chi connectivity index (χ2n) is 3.62. The van der Waals surface area contributed by atoms with Crippen molar-refractivity contribution in [2.75, 3.05) is 0 Å². The van der Waals surface area contributed by atoms with Gasteiger partial charge in [0.2, 0.25) is 12.3 Å². The summed E-state index contributed by atoms with van der Waals surface area (Å²) >= 11 is 1.54. The molecule has 87 valence electrons. The number of nitrogens with one attached hydrogen (secondary N) is 2. The van der Waals surface area contributed by atoms with Crippen LogP contribution in [0, 0.1) is 5.92 Å². The number of thiophene rings is 1. The molecule has 2 N–H and O–H groups in total. The highest BCUT2D eigenvalue weighted by Crippen LogP contribution is 2.09. The summed E-state index contributed by atoms with van der Waals surface area (Å²) in [5.41, 5.74) is 0. The predicted octanol–water partition coefficient (Wildman–Crippen LogP) is 1.09. The maximum absolute atomic E-state index is 11.6. The first-order valence-electron chi connectivity index (χ1n) is 4.95. The van der Waals surface area contributed by atoms with Crippen molar-refractivity contribution in [1.82, 2.24) is 10.6 Å². The Bertz CT molecular complexity index is 336. The third kappa shape index (κ3) is 4.02. The Morgan fingerprint density at radius 3 is 2.81 bits per heavy atom. The molecule has 1 rings (SSSR count). The zero-order valence-electron chi connectivity index (χ0n) is 9.32. The van der Waals surface area contributed by atoms with Gasteiger partial charge in [-0.1, -0.05) is 19.9 Å². The second-order valence-corrected chi connectivity index (χ2v) is 4.65. The minimum atomic E-state index is -0.384. The molecule has 0 aromatic carbocycles. The minimum absolute atomic E-state index is 0.0944. The van der Waals surface area contributed by atoms with Gasteiger partial charge < -0.3 is 10.6 Å². The van der Waals surface area contributed by atoms with E-state index in [1.807, 2.05) is 31.4 Å². The lowest BCUT2D eigenvalue weighted by Crippen LogP contribution is -2.47. The number of rotatable bonds is 6. The van der Waals surface area contributed by atoms with E-state index in [1.165, 1.54) is 0 Å². The van der Waals surface area contributed by atoms with E-state index in [2.05, 4.69) is 10.6 Å². The Labute approximate surface area is 99.0 Å². The minimum Gasteiger partial charge on any atom is -0.338 e. The van der Waals surface area contributed by atoms with Gasteiger partial charge in [0.25, 0.3) is 0 Å². The summed E-state index contributed by atoms with van der Waals surface area (Å²) in [7, 11) is 0. The van der Waals surface area contributed by atoms with E-state index in [0.29, 0.717) is 12.8 Å². The van der Waals surface area contributed by atoms with Gasteiger partial charge in [0.05, 0.1) is 6.42 Å². The molecule has 1 heterocycles. The summed E-state index contributed by atoms with van der Waals surface area (Å²) in [5.74, 6) is 0.842. The van der Waals surface area contributed by atoms with Gasteiger partial charge in [-0.15, -0.1) is 11.3 Å². The van der Waals surface area contributed by atoms with Crippen LogP contribution in [0.2, 0.25) is 0 Å². The van der Waals surface area contributed by atoms with Crippen LogP contribution in [-0.4, -0.2) is 18.5 Å². The number of carbonyl (C=O) groups excluding carboxylic acids is 2. The summed E-state index contributed by atoms with van der Waals surface area (Å²) in [5, 5.41) is 7.22. The van der Waals surface area contributed by atoms with Gasteiger partial charge in [-0.05, 0) is 11.4 Å². The fraction of sp³-hybridized carbons (Fsp3) is 0.364. The monoisotopic (exact) mass is 239 g/mol. The second kappa shape index (κ2) is 6.27. The van der Waals surface area contributed by atoms with E-state index < -0.39 is 0 Å². The Morgan fingerprint density at radius 2 is 2.31 bits per heavy atom. The molecule has 5 heteroatoms. The zero-order chi connectivity index (χ0) is 12.0. The van der Waals surface area contributed by atoms with Crippen molar-refractivity contribution in [2.45, 2.75) is 26.4 Å². The average molecular weight is 239 g/mol. The van der Waals surface area contributed by atoms with Crippen molar-refractivity contribution in [3.63, 3.8) is 0 Å². The molecule has 0 bridgehead atoms. The third-order valence-electron chi connectivity index (χ3n) is 2.03. The first-order chi connectivity index (χ1) is 7.63. The highest BCUT2D eigenvalue weighted by molar-refractivity contribution is 7.10. The van der Waals surface area contributed by atoms with Gasteiger partial charge in [0.1, 0.15) is 6.17 Å². The highest BCUT2D eigenvalue weighted by Gasteiger charge is 2.15. The predicted molar refractivity (Wildman–Crippen MR) is 63.7 cm³/mol. The summed E-state index contributed by atoms with van der Waals surface area (Å²) in [6.45, 7) is 3.71. The molecule has 0 saturated carbocycles. The molecule has 0 spiro atoms. The lowest BCUT2D eigenvalue weighted by Gasteiger charge is -2.20. The number of hydrogen-bond donors (Lipinski definition) is 2. The Balaban J connectivity index is 2.45. The highest BCUT2D eigenvalue weighted by atomic mass is 32.1. The maximum Gasteiger partial charge on any atom is 0.226 e. The van der Waals surface area contributed by atoms with Crippen LogP contribution >= 0.6 is 11.3 Å². The molecule has 1 atom stereocenters. The number of hydrogen-bond acceptors (Lipinski definition) is 3. The molecule has 0 aliphatic carbocycles. The van der Waals surface area contributed by atoms with E-state index >= 15 is 0 Å². The smallest absolute Gasteiger partial charge is 0.226 e. The summed E-state index contributed by atoms with van der Waals surface area (Å²) < 4.78 is 0. The van der Waals surface area contributed by atoms with Crippen LogP contribution in [0.1, 0.15) is 18.7 Å². The van der Waals surface area contributed by atoms with Crippen LogP contribution in [-0.2, 0) is 16.0 Å². The Morgan fingerprint density at radius 1 is 1.56 bits per heavy atom. The van der Waals surface area contributed by atoms with E-state index in [4.69, 9.17) is 0 Å². The Hall–Kier alpha value is -1.36. The number of amides is 2. The SMILES string of the molecule is C[C](C)C(NC=O)NC(=O)Cc1cccs1. The van der Waals surface area contributed by atoms with Crippen LogP contribution in [0.5, 0.6) is 0 Å². The Kier molecular flexibility index (Phi) is 4.98.